The van der Waals surface area contributed by atoms with Gasteiger partial charge in [-0.05, 0) is 36.1 Å². The number of aliphatic carboxylic acids is 1. The topological polar surface area (TPSA) is 87.7 Å². The minimum absolute atomic E-state index is 0.554. The second kappa shape index (κ2) is 6.47. The Morgan fingerprint density at radius 3 is 2.33 bits per heavy atom. The van der Waals surface area contributed by atoms with E-state index in [-0.39, 0.29) is 0 Å². The van der Waals surface area contributed by atoms with Crippen LogP contribution >= 0.6 is 0 Å². The highest BCUT2D eigenvalue weighted by atomic mass is 16.5. The van der Waals surface area contributed by atoms with E-state index in [4.69, 9.17) is 4.74 Å². The van der Waals surface area contributed by atoms with Gasteiger partial charge in [-0.2, -0.15) is 0 Å². The van der Waals surface area contributed by atoms with Crippen molar-refractivity contribution in [2.45, 2.75) is 33.7 Å². The summed E-state index contributed by atoms with van der Waals surface area (Å²) < 4.78 is 5.14. The van der Waals surface area contributed by atoms with Gasteiger partial charge < -0.3 is 20.5 Å². The summed E-state index contributed by atoms with van der Waals surface area (Å²) in [6.45, 7) is 7.12. The number of carboxylic acids is 1. The quantitative estimate of drug-likeness (QED) is 0.796. The van der Waals surface area contributed by atoms with Crippen molar-refractivity contribution in [3.05, 3.63) is 23.8 Å². The number of urea groups is 1. The maximum Gasteiger partial charge on any atom is 0.326 e. The Balaban J connectivity index is 2.77. The number of hydrogen-bond acceptors (Lipinski definition) is 3. The fourth-order valence-electron chi connectivity index (χ4n) is 1.90. The minimum atomic E-state index is -1.07. The first kappa shape index (κ1) is 16.8. The number of amides is 2. The van der Waals surface area contributed by atoms with Crippen molar-refractivity contribution < 1.29 is 19.4 Å². The SMILES string of the molecule is COc1ccc(NC(=O)NC(C(=O)O)C(C)(C)C)cc1C. The maximum atomic E-state index is 11.9. The first-order valence-electron chi connectivity index (χ1n) is 6.60. The number of anilines is 1. The predicted octanol–water partition coefficient (Wildman–Crippen LogP) is 2.62. The van der Waals surface area contributed by atoms with Crippen molar-refractivity contribution in [3.8, 4) is 5.75 Å². The van der Waals surface area contributed by atoms with Crippen molar-refractivity contribution in [1.29, 1.82) is 0 Å². The number of aryl methyl sites for hydroxylation is 1. The van der Waals surface area contributed by atoms with E-state index >= 15 is 0 Å². The molecule has 21 heavy (non-hydrogen) atoms. The van der Waals surface area contributed by atoms with Gasteiger partial charge in [0.2, 0.25) is 0 Å². The number of hydrogen-bond donors (Lipinski definition) is 3. The number of nitrogens with one attached hydrogen (secondary N) is 2. The highest BCUT2D eigenvalue weighted by Crippen LogP contribution is 2.22. The third-order valence-electron chi connectivity index (χ3n) is 3.04. The fraction of sp³-hybridized carbons (Fsp3) is 0.467. The third-order valence-corrected chi connectivity index (χ3v) is 3.04. The van der Waals surface area contributed by atoms with Gasteiger partial charge in [-0.3, -0.25) is 0 Å². The van der Waals surface area contributed by atoms with Crippen molar-refractivity contribution in [3.63, 3.8) is 0 Å². The molecule has 0 aliphatic carbocycles. The summed E-state index contributed by atoms with van der Waals surface area (Å²) in [5.41, 5.74) is 0.865. The number of rotatable bonds is 4. The molecule has 3 N–H and O–H groups in total. The number of ether oxygens (including phenoxy) is 1. The molecule has 6 heteroatoms. The summed E-state index contributed by atoms with van der Waals surface area (Å²) in [5, 5.41) is 14.3. The van der Waals surface area contributed by atoms with Crippen LogP contribution in [0.25, 0.3) is 0 Å². The molecule has 1 unspecified atom stereocenters. The van der Waals surface area contributed by atoms with E-state index in [0.29, 0.717) is 5.69 Å². The molecule has 1 rings (SSSR count). The monoisotopic (exact) mass is 294 g/mol. The standard InChI is InChI=1S/C15H22N2O4/c1-9-8-10(6-7-11(9)21-5)16-14(20)17-12(13(18)19)15(2,3)4/h6-8,12H,1-5H3,(H,18,19)(H2,16,17,20). The molecule has 6 nitrogen and oxygen atoms in total. The van der Waals surface area contributed by atoms with Crippen LogP contribution < -0.4 is 15.4 Å². The van der Waals surface area contributed by atoms with E-state index in [9.17, 15) is 14.7 Å². The normalized spacial score (nSPS) is 12.4. The molecule has 0 heterocycles. The van der Waals surface area contributed by atoms with Crippen LogP contribution in [0.3, 0.4) is 0 Å². The van der Waals surface area contributed by atoms with Crippen LogP contribution in [0.4, 0.5) is 10.5 Å². The summed E-state index contributed by atoms with van der Waals surface area (Å²) in [7, 11) is 1.57. The number of benzene rings is 1. The summed E-state index contributed by atoms with van der Waals surface area (Å²) in [4.78, 5) is 23.1. The summed E-state index contributed by atoms with van der Waals surface area (Å²) >= 11 is 0. The Hall–Kier alpha value is -2.24. The van der Waals surface area contributed by atoms with Gasteiger partial charge in [0, 0.05) is 5.69 Å². The highest BCUT2D eigenvalue weighted by Gasteiger charge is 2.32. The van der Waals surface area contributed by atoms with Gasteiger partial charge in [0.15, 0.2) is 0 Å². The Morgan fingerprint density at radius 1 is 1.29 bits per heavy atom. The van der Waals surface area contributed by atoms with Crippen molar-refractivity contribution in [1.82, 2.24) is 5.32 Å². The first-order valence-corrected chi connectivity index (χ1v) is 6.60. The van der Waals surface area contributed by atoms with Crippen LogP contribution in [0.2, 0.25) is 0 Å². The molecule has 1 aromatic rings. The Kier molecular flexibility index (Phi) is 5.18. The fourth-order valence-corrected chi connectivity index (χ4v) is 1.90. The lowest BCUT2D eigenvalue weighted by molar-refractivity contribution is -0.141. The van der Waals surface area contributed by atoms with Gasteiger partial charge in [0.05, 0.1) is 7.11 Å². The van der Waals surface area contributed by atoms with E-state index in [1.807, 2.05) is 6.92 Å². The third kappa shape index (κ3) is 4.66. The Morgan fingerprint density at radius 2 is 1.90 bits per heavy atom. The first-order chi connectivity index (χ1) is 9.65. The van der Waals surface area contributed by atoms with Crippen LogP contribution in [0.1, 0.15) is 26.3 Å². The average molecular weight is 294 g/mol. The molecule has 0 aliphatic heterocycles. The number of carbonyl (C=O) groups is 2. The van der Waals surface area contributed by atoms with Crippen LogP contribution in [0, 0.1) is 12.3 Å². The molecule has 2 amide bonds. The lowest BCUT2D eigenvalue weighted by Gasteiger charge is -2.27. The molecule has 1 aromatic carbocycles. The molecule has 0 bridgehead atoms. The Labute approximate surface area is 124 Å². The van der Waals surface area contributed by atoms with E-state index in [1.54, 1.807) is 46.1 Å². The highest BCUT2D eigenvalue weighted by molar-refractivity contribution is 5.92. The largest absolute Gasteiger partial charge is 0.496 e. The lowest BCUT2D eigenvalue weighted by atomic mass is 9.87. The molecule has 0 radical (unpaired) electrons. The number of carboxylic acid groups (broad SMARTS) is 1. The maximum absolute atomic E-state index is 11.9. The zero-order chi connectivity index (χ0) is 16.2. The smallest absolute Gasteiger partial charge is 0.326 e. The molecule has 116 valence electrons. The summed E-state index contributed by atoms with van der Waals surface area (Å²) in [5.74, 6) is -0.345. The summed E-state index contributed by atoms with van der Waals surface area (Å²) in [6, 6.07) is 3.66. The van der Waals surface area contributed by atoms with Gasteiger partial charge in [-0.25, -0.2) is 9.59 Å². The lowest BCUT2D eigenvalue weighted by Crippen LogP contribution is -2.50. The zero-order valence-electron chi connectivity index (χ0n) is 13.0. The van der Waals surface area contributed by atoms with Gasteiger partial charge in [0.25, 0.3) is 0 Å². The van der Waals surface area contributed by atoms with Gasteiger partial charge in [0.1, 0.15) is 11.8 Å². The minimum Gasteiger partial charge on any atom is -0.496 e. The molecule has 0 fully saturated rings. The number of methoxy groups -OCH3 is 1. The van der Waals surface area contributed by atoms with Crippen molar-refractivity contribution in [2.75, 3.05) is 12.4 Å². The number of carbonyl (C=O) groups excluding carboxylic acids is 1. The molecule has 1 atom stereocenters. The second-order valence-electron chi connectivity index (χ2n) is 5.92. The average Bonchev–Trinajstić information content (AvgIpc) is 2.34. The Bertz CT molecular complexity index is 535. The summed E-state index contributed by atoms with van der Waals surface area (Å²) in [6.07, 6.45) is 0. The van der Waals surface area contributed by atoms with Crippen LogP contribution in [0.15, 0.2) is 18.2 Å². The van der Waals surface area contributed by atoms with E-state index in [2.05, 4.69) is 10.6 Å². The van der Waals surface area contributed by atoms with Crippen LogP contribution in [-0.2, 0) is 4.79 Å². The molecular formula is C15H22N2O4. The van der Waals surface area contributed by atoms with Gasteiger partial charge in [-0.15, -0.1) is 0 Å². The van der Waals surface area contributed by atoms with Crippen molar-refractivity contribution in [2.24, 2.45) is 5.41 Å². The zero-order valence-corrected chi connectivity index (χ0v) is 13.0. The molecular weight excluding hydrogens is 272 g/mol. The second-order valence-corrected chi connectivity index (χ2v) is 5.92. The van der Waals surface area contributed by atoms with Gasteiger partial charge in [-0.1, -0.05) is 20.8 Å². The molecule has 0 aliphatic rings. The van der Waals surface area contributed by atoms with Crippen LogP contribution in [-0.4, -0.2) is 30.3 Å². The van der Waals surface area contributed by atoms with E-state index < -0.39 is 23.5 Å². The molecule has 0 saturated heterocycles. The van der Waals surface area contributed by atoms with Crippen LogP contribution in [0.5, 0.6) is 5.75 Å². The van der Waals surface area contributed by atoms with Gasteiger partial charge >= 0.3 is 12.0 Å². The molecule has 0 spiro atoms. The predicted molar refractivity (Wildman–Crippen MR) is 80.8 cm³/mol. The molecule has 0 saturated carbocycles. The van der Waals surface area contributed by atoms with E-state index in [0.717, 1.165) is 11.3 Å². The van der Waals surface area contributed by atoms with Crippen molar-refractivity contribution >= 4 is 17.7 Å². The molecule has 0 aromatic heterocycles. The van der Waals surface area contributed by atoms with E-state index in [1.165, 1.54) is 0 Å².